The van der Waals surface area contributed by atoms with Crippen molar-refractivity contribution in [2.75, 3.05) is 0 Å². The van der Waals surface area contributed by atoms with Crippen molar-refractivity contribution in [3.8, 4) is 10.6 Å². The van der Waals surface area contributed by atoms with Crippen LogP contribution in [0, 0.1) is 6.92 Å². The molecule has 2 aromatic rings. The Morgan fingerprint density at radius 1 is 1.44 bits per heavy atom. The van der Waals surface area contributed by atoms with Crippen molar-refractivity contribution < 1.29 is 8.76 Å². The topological polar surface area (TPSA) is 50.2 Å². The fraction of sp³-hybridized carbons (Fsp3) is 0.100. The molecule has 1 aromatic carbocycles. The number of hydrogen-bond acceptors (Lipinski definition) is 4. The minimum Gasteiger partial charge on any atom is -0.302 e. The Balaban J connectivity index is 2.66. The highest BCUT2D eigenvalue weighted by molar-refractivity contribution is 8.29. The fourth-order valence-corrected chi connectivity index (χ4v) is 3.35. The van der Waals surface area contributed by atoms with E-state index in [2.05, 4.69) is 16.2 Å². The quantitative estimate of drug-likeness (QED) is 0.912. The summed E-state index contributed by atoms with van der Waals surface area (Å²) in [6.07, 6.45) is 1.74. The van der Waals surface area contributed by atoms with Crippen LogP contribution in [0.2, 0.25) is 0 Å². The van der Waals surface area contributed by atoms with Gasteiger partial charge in [-0.05, 0) is 13.0 Å². The van der Waals surface area contributed by atoms with Crippen molar-refractivity contribution in [2.45, 2.75) is 11.8 Å². The molecule has 0 aliphatic heterocycles. The van der Waals surface area contributed by atoms with Gasteiger partial charge in [0.05, 0.1) is 4.90 Å². The lowest BCUT2D eigenvalue weighted by Crippen LogP contribution is -1.98. The van der Waals surface area contributed by atoms with E-state index in [0.29, 0.717) is 5.56 Å². The van der Waals surface area contributed by atoms with E-state index in [4.69, 9.17) is 0 Å². The Kier molecular flexibility index (Phi) is 3.07. The Bertz CT molecular complexity index is 616. The van der Waals surface area contributed by atoms with Crippen LogP contribution >= 0.6 is 11.3 Å². The van der Waals surface area contributed by atoms with E-state index in [0.717, 1.165) is 9.88 Å². The second-order valence-electron chi connectivity index (χ2n) is 3.25. The lowest BCUT2D eigenvalue weighted by molar-refractivity contribution is 0.562. The SMILES string of the molecule is Cc1cnc(-c2ccccc2S(=O)(O)=S)s1. The zero-order valence-electron chi connectivity index (χ0n) is 8.41. The molecule has 1 atom stereocenters. The molecule has 0 amide bonds. The normalized spacial score (nSPS) is 14.6. The van der Waals surface area contributed by atoms with Gasteiger partial charge in [-0.25, -0.2) is 9.19 Å². The second-order valence-corrected chi connectivity index (χ2v) is 7.23. The summed E-state index contributed by atoms with van der Waals surface area (Å²) in [7, 11) is -3.37. The second kappa shape index (κ2) is 4.21. The first-order valence-corrected chi connectivity index (χ1v) is 7.73. The van der Waals surface area contributed by atoms with Crippen molar-refractivity contribution in [3.05, 3.63) is 35.3 Å². The van der Waals surface area contributed by atoms with Crippen molar-refractivity contribution in [1.29, 1.82) is 0 Å². The molecule has 3 nitrogen and oxygen atoms in total. The molecule has 1 heterocycles. The average Bonchev–Trinajstić information content (AvgIpc) is 2.64. The van der Waals surface area contributed by atoms with Gasteiger partial charge in [0.2, 0.25) is 0 Å². The monoisotopic (exact) mass is 271 g/mol. The van der Waals surface area contributed by atoms with Crippen molar-refractivity contribution in [3.63, 3.8) is 0 Å². The largest absolute Gasteiger partial charge is 0.302 e. The van der Waals surface area contributed by atoms with Gasteiger partial charge in [-0.3, -0.25) is 0 Å². The van der Waals surface area contributed by atoms with Crippen LogP contribution in [0.4, 0.5) is 0 Å². The molecule has 0 spiro atoms. The molecular weight excluding hydrogens is 262 g/mol. The van der Waals surface area contributed by atoms with E-state index in [-0.39, 0.29) is 4.90 Å². The van der Waals surface area contributed by atoms with Crippen molar-refractivity contribution >= 4 is 31.3 Å². The summed E-state index contributed by atoms with van der Waals surface area (Å²) < 4.78 is 21.0. The van der Waals surface area contributed by atoms with Gasteiger partial charge in [-0.15, -0.1) is 11.3 Å². The molecule has 0 saturated carbocycles. The lowest BCUT2D eigenvalue weighted by atomic mass is 10.2. The number of rotatable bonds is 2. The summed E-state index contributed by atoms with van der Waals surface area (Å²) in [6, 6.07) is 6.83. The van der Waals surface area contributed by atoms with E-state index >= 15 is 0 Å². The number of aromatic nitrogens is 1. The minimum atomic E-state index is -3.37. The maximum Gasteiger partial charge on any atom is 0.171 e. The molecule has 0 fully saturated rings. The molecule has 0 saturated heterocycles. The van der Waals surface area contributed by atoms with Crippen molar-refractivity contribution in [1.82, 2.24) is 4.98 Å². The van der Waals surface area contributed by atoms with Crippen LogP contribution in [-0.2, 0) is 20.0 Å². The van der Waals surface area contributed by atoms with E-state index in [1.165, 1.54) is 11.3 Å². The van der Waals surface area contributed by atoms with E-state index in [1.54, 1.807) is 30.5 Å². The van der Waals surface area contributed by atoms with Gasteiger partial charge in [-0.1, -0.05) is 18.2 Å². The number of nitrogens with zero attached hydrogens (tertiary/aromatic N) is 1. The molecular formula is C10H9NO2S3. The summed E-state index contributed by atoms with van der Waals surface area (Å²) in [4.78, 5) is 5.51. The first-order valence-electron chi connectivity index (χ1n) is 4.48. The zero-order chi connectivity index (χ0) is 11.8. The molecule has 0 radical (unpaired) electrons. The number of aryl methyl sites for hydroxylation is 1. The van der Waals surface area contributed by atoms with Gasteiger partial charge >= 0.3 is 0 Å². The maximum atomic E-state index is 11.5. The molecule has 16 heavy (non-hydrogen) atoms. The van der Waals surface area contributed by atoms with Crippen LogP contribution in [0.25, 0.3) is 10.6 Å². The number of hydrogen-bond donors (Lipinski definition) is 1. The molecule has 0 bridgehead atoms. The molecule has 1 N–H and O–H groups in total. The highest BCUT2D eigenvalue weighted by Gasteiger charge is 2.14. The molecule has 0 aliphatic carbocycles. The van der Waals surface area contributed by atoms with E-state index in [9.17, 15) is 8.76 Å². The van der Waals surface area contributed by atoms with Gasteiger partial charge in [0.1, 0.15) is 5.01 Å². The van der Waals surface area contributed by atoms with Crippen LogP contribution in [0.3, 0.4) is 0 Å². The Hall–Kier alpha value is -0.820. The third-order valence-corrected chi connectivity index (χ3v) is 4.41. The van der Waals surface area contributed by atoms with E-state index < -0.39 is 8.77 Å². The summed E-state index contributed by atoms with van der Waals surface area (Å²) in [5.74, 6) is 0. The minimum absolute atomic E-state index is 0.263. The van der Waals surface area contributed by atoms with Gasteiger partial charge in [-0.2, -0.15) is 0 Å². The molecule has 0 aliphatic rings. The Labute approximate surface area is 103 Å². The number of benzene rings is 1. The van der Waals surface area contributed by atoms with Gasteiger partial charge in [0, 0.05) is 27.8 Å². The molecule has 2 rings (SSSR count). The van der Waals surface area contributed by atoms with Crippen LogP contribution in [0.15, 0.2) is 35.4 Å². The smallest absolute Gasteiger partial charge is 0.171 e. The number of thiazole rings is 1. The van der Waals surface area contributed by atoms with Crippen molar-refractivity contribution in [2.24, 2.45) is 0 Å². The summed E-state index contributed by atoms with van der Waals surface area (Å²) >= 11 is 6.08. The summed E-state index contributed by atoms with van der Waals surface area (Å²) in [6.45, 7) is 1.94. The van der Waals surface area contributed by atoms with Crippen LogP contribution < -0.4 is 0 Å². The highest BCUT2D eigenvalue weighted by atomic mass is 32.8. The summed E-state index contributed by atoms with van der Waals surface area (Å²) in [5.41, 5.74) is 0.642. The fourth-order valence-electron chi connectivity index (χ4n) is 1.35. The van der Waals surface area contributed by atoms with Gasteiger partial charge in [0.25, 0.3) is 0 Å². The van der Waals surface area contributed by atoms with Crippen LogP contribution in [0.5, 0.6) is 0 Å². The van der Waals surface area contributed by atoms with Crippen LogP contribution in [-0.4, -0.2) is 13.7 Å². The third kappa shape index (κ3) is 2.30. The van der Waals surface area contributed by atoms with Crippen LogP contribution in [0.1, 0.15) is 4.88 Å². The first-order chi connectivity index (χ1) is 7.48. The average molecular weight is 271 g/mol. The maximum absolute atomic E-state index is 11.5. The Morgan fingerprint density at radius 3 is 2.69 bits per heavy atom. The third-order valence-electron chi connectivity index (χ3n) is 2.02. The standard InChI is InChI=1S/C10H9NO2S3/c1-7-6-11-10(15-7)8-4-2-3-5-9(8)16(12,13)14/h2-6H,1H3,(H,12,13,14). The van der Waals surface area contributed by atoms with Gasteiger partial charge in [0.15, 0.2) is 8.77 Å². The molecule has 6 heteroatoms. The molecule has 1 aromatic heterocycles. The molecule has 1 unspecified atom stereocenters. The molecule has 84 valence electrons. The highest BCUT2D eigenvalue weighted by Crippen LogP contribution is 2.30. The lowest BCUT2D eigenvalue weighted by Gasteiger charge is -2.05. The zero-order valence-corrected chi connectivity index (χ0v) is 10.9. The Morgan fingerprint density at radius 2 is 2.12 bits per heavy atom. The van der Waals surface area contributed by atoms with Gasteiger partial charge < -0.3 is 4.55 Å². The predicted octanol–water partition coefficient (Wildman–Crippen LogP) is 2.70. The first kappa shape index (κ1) is 11.7. The predicted molar refractivity (Wildman–Crippen MR) is 68.7 cm³/mol. The van der Waals surface area contributed by atoms with E-state index in [1.807, 2.05) is 6.92 Å². The summed E-state index contributed by atoms with van der Waals surface area (Å²) in [5, 5.41) is 0.722.